The third kappa shape index (κ3) is 5.11. The van der Waals surface area contributed by atoms with Gasteiger partial charge in [0, 0.05) is 17.4 Å². The van der Waals surface area contributed by atoms with Crippen LogP contribution in [0.1, 0.15) is 15.9 Å². The molecule has 0 aliphatic rings. The average molecular weight is 421 g/mol. The van der Waals surface area contributed by atoms with Crippen molar-refractivity contribution in [3.8, 4) is 0 Å². The molecule has 1 heterocycles. The Kier molecular flexibility index (Phi) is 5.55. The summed E-state index contributed by atoms with van der Waals surface area (Å²) >= 11 is 0. The number of nitrogens with one attached hydrogen (secondary N) is 2. The first-order chi connectivity index (χ1) is 13.6. The number of aromatic nitrogens is 1. The lowest BCUT2D eigenvalue weighted by molar-refractivity contribution is -0.137. The molecule has 29 heavy (non-hydrogen) atoms. The number of carbonyl (C=O) groups excluding carboxylic acids is 1. The van der Waals surface area contributed by atoms with Crippen LogP contribution >= 0.6 is 0 Å². The van der Waals surface area contributed by atoms with Gasteiger partial charge in [-0.3, -0.25) is 9.52 Å². The van der Waals surface area contributed by atoms with Crippen LogP contribution in [0.15, 0.2) is 77.8 Å². The highest BCUT2D eigenvalue weighted by atomic mass is 32.2. The molecular weight excluding hydrogens is 407 g/mol. The SMILES string of the molecule is O=C(Nc1ccccn1)c1ccc(S(=O)(=O)Nc2cccc(C(F)(F)F)c2)cc1. The molecule has 1 amide bonds. The highest BCUT2D eigenvalue weighted by Gasteiger charge is 2.30. The summed E-state index contributed by atoms with van der Waals surface area (Å²) in [6.45, 7) is 0. The molecule has 150 valence electrons. The Balaban J connectivity index is 1.76. The molecular formula is C19H14F3N3O3S. The summed E-state index contributed by atoms with van der Waals surface area (Å²) in [6.07, 6.45) is -3.09. The molecule has 6 nitrogen and oxygen atoms in total. The summed E-state index contributed by atoms with van der Waals surface area (Å²) < 4.78 is 65.3. The number of sulfonamides is 1. The Morgan fingerprint density at radius 1 is 0.931 bits per heavy atom. The van der Waals surface area contributed by atoms with E-state index in [-0.39, 0.29) is 16.1 Å². The normalized spacial score (nSPS) is 11.7. The molecule has 0 saturated carbocycles. The quantitative estimate of drug-likeness (QED) is 0.648. The van der Waals surface area contributed by atoms with E-state index >= 15 is 0 Å². The number of carbonyl (C=O) groups is 1. The fourth-order valence-electron chi connectivity index (χ4n) is 2.38. The van der Waals surface area contributed by atoms with Gasteiger partial charge in [-0.15, -0.1) is 0 Å². The van der Waals surface area contributed by atoms with Gasteiger partial charge in [0.2, 0.25) is 0 Å². The van der Waals surface area contributed by atoms with Gasteiger partial charge < -0.3 is 5.32 Å². The maximum atomic E-state index is 12.8. The molecule has 0 aliphatic heterocycles. The molecule has 3 rings (SSSR count). The van der Waals surface area contributed by atoms with E-state index in [1.54, 1.807) is 18.2 Å². The topological polar surface area (TPSA) is 88.2 Å². The number of anilines is 2. The first kappa shape index (κ1) is 20.3. The smallest absolute Gasteiger partial charge is 0.307 e. The van der Waals surface area contributed by atoms with E-state index in [4.69, 9.17) is 0 Å². The van der Waals surface area contributed by atoms with Crippen LogP contribution in [0.5, 0.6) is 0 Å². The number of halogens is 3. The van der Waals surface area contributed by atoms with Gasteiger partial charge in [-0.25, -0.2) is 13.4 Å². The lowest BCUT2D eigenvalue weighted by Crippen LogP contribution is -2.15. The highest BCUT2D eigenvalue weighted by molar-refractivity contribution is 7.92. The number of hydrogen-bond donors (Lipinski definition) is 2. The van der Waals surface area contributed by atoms with Crippen LogP contribution in [-0.2, 0) is 16.2 Å². The van der Waals surface area contributed by atoms with Crippen LogP contribution in [0.4, 0.5) is 24.7 Å². The second-order valence-electron chi connectivity index (χ2n) is 5.88. The Labute approximate surface area is 164 Å². The second kappa shape index (κ2) is 7.92. The monoisotopic (exact) mass is 421 g/mol. The van der Waals surface area contributed by atoms with Crippen molar-refractivity contribution < 1.29 is 26.4 Å². The van der Waals surface area contributed by atoms with Crippen molar-refractivity contribution in [2.24, 2.45) is 0 Å². The van der Waals surface area contributed by atoms with E-state index in [0.717, 1.165) is 12.1 Å². The number of benzene rings is 2. The van der Waals surface area contributed by atoms with Gasteiger partial charge in [0.15, 0.2) is 0 Å². The fourth-order valence-corrected chi connectivity index (χ4v) is 3.43. The third-order valence-electron chi connectivity index (χ3n) is 3.78. The van der Waals surface area contributed by atoms with Crippen LogP contribution < -0.4 is 10.0 Å². The summed E-state index contributed by atoms with van der Waals surface area (Å²) in [4.78, 5) is 15.9. The maximum Gasteiger partial charge on any atom is 0.416 e. The molecule has 0 fully saturated rings. The Hall–Kier alpha value is -3.40. The zero-order chi connectivity index (χ0) is 21.1. The minimum absolute atomic E-state index is 0.189. The molecule has 2 aromatic carbocycles. The van der Waals surface area contributed by atoms with Crippen LogP contribution in [-0.4, -0.2) is 19.3 Å². The largest absolute Gasteiger partial charge is 0.416 e. The summed E-state index contributed by atoms with van der Waals surface area (Å²) in [7, 11) is -4.14. The van der Waals surface area contributed by atoms with Crippen molar-refractivity contribution in [2.45, 2.75) is 11.1 Å². The summed E-state index contributed by atoms with van der Waals surface area (Å²) in [5.41, 5.74) is -1.01. The Morgan fingerprint density at radius 3 is 2.28 bits per heavy atom. The Bertz CT molecular complexity index is 1120. The fraction of sp³-hybridized carbons (Fsp3) is 0.0526. The molecule has 0 unspecified atom stereocenters. The van der Waals surface area contributed by atoms with E-state index in [1.807, 2.05) is 0 Å². The van der Waals surface area contributed by atoms with Crippen LogP contribution in [0, 0.1) is 0 Å². The molecule has 10 heteroatoms. The Morgan fingerprint density at radius 2 is 1.66 bits per heavy atom. The molecule has 0 atom stereocenters. The van der Waals surface area contributed by atoms with Gasteiger partial charge in [-0.2, -0.15) is 13.2 Å². The van der Waals surface area contributed by atoms with Crippen molar-refractivity contribution in [2.75, 3.05) is 10.0 Å². The molecule has 0 radical (unpaired) electrons. The van der Waals surface area contributed by atoms with E-state index in [0.29, 0.717) is 11.9 Å². The number of pyridine rings is 1. The van der Waals surface area contributed by atoms with E-state index in [1.165, 1.54) is 36.5 Å². The minimum atomic E-state index is -4.59. The van der Waals surface area contributed by atoms with Crippen LogP contribution in [0.25, 0.3) is 0 Å². The van der Waals surface area contributed by atoms with Gasteiger partial charge in [0.1, 0.15) is 5.82 Å². The zero-order valence-electron chi connectivity index (χ0n) is 14.6. The van der Waals surface area contributed by atoms with Gasteiger partial charge >= 0.3 is 6.18 Å². The summed E-state index contributed by atoms with van der Waals surface area (Å²) in [5, 5.41) is 2.55. The molecule has 3 aromatic rings. The molecule has 0 bridgehead atoms. The number of amides is 1. The van der Waals surface area contributed by atoms with Crippen molar-refractivity contribution in [3.05, 3.63) is 84.1 Å². The number of hydrogen-bond acceptors (Lipinski definition) is 4. The lowest BCUT2D eigenvalue weighted by atomic mass is 10.2. The van der Waals surface area contributed by atoms with Gasteiger partial charge in [-0.1, -0.05) is 12.1 Å². The molecule has 0 aliphatic carbocycles. The predicted molar refractivity (Wildman–Crippen MR) is 101 cm³/mol. The first-order valence-corrected chi connectivity index (χ1v) is 9.66. The molecule has 1 aromatic heterocycles. The van der Waals surface area contributed by atoms with Crippen molar-refractivity contribution in [1.82, 2.24) is 4.98 Å². The van der Waals surface area contributed by atoms with Crippen molar-refractivity contribution in [1.29, 1.82) is 0 Å². The number of rotatable bonds is 5. The highest BCUT2D eigenvalue weighted by Crippen LogP contribution is 2.31. The van der Waals surface area contributed by atoms with Crippen molar-refractivity contribution in [3.63, 3.8) is 0 Å². The van der Waals surface area contributed by atoms with Crippen molar-refractivity contribution >= 4 is 27.4 Å². The average Bonchev–Trinajstić information content (AvgIpc) is 2.68. The first-order valence-electron chi connectivity index (χ1n) is 8.18. The molecule has 2 N–H and O–H groups in total. The van der Waals surface area contributed by atoms with Gasteiger partial charge in [-0.05, 0) is 54.6 Å². The van der Waals surface area contributed by atoms with E-state index < -0.39 is 27.7 Å². The number of alkyl halides is 3. The molecule has 0 saturated heterocycles. The van der Waals surface area contributed by atoms with Crippen LogP contribution in [0.2, 0.25) is 0 Å². The van der Waals surface area contributed by atoms with Gasteiger partial charge in [0.25, 0.3) is 15.9 Å². The third-order valence-corrected chi connectivity index (χ3v) is 5.17. The summed E-state index contributed by atoms with van der Waals surface area (Å²) in [5.74, 6) is -0.154. The van der Waals surface area contributed by atoms with Crippen LogP contribution in [0.3, 0.4) is 0 Å². The maximum absolute atomic E-state index is 12.8. The predicted octanol–water partition coefficient (Wildman–Crippen LogP) is 4.15. The molecule has 0 spiro atoms. The summed E-state index contributed by atoms with van der Waals surface area (Å²) in [6, 6.07) is 13.8. The lowest BCUT2D eigenvalue weighted by Gasteiger charge is -2.11. The zero-order valence-corrected chi connectivity index (χ0v) is 15.5. The van der Waals surface area contributed by atoms with E-state index in [2.05, 4.69) is 15.0 Å². The number of nitrogens with zero attached hydrogens (tertiary/aromatic N) is 1. The van der Waals surface area contributed by atoms with Gasteiger partial charge in [0.05, 0.1) is 10.5 Å². The second-order valence-corrected chi connectivity index (χ2v) is 7.56. The minimum Gasteiger partial charge on any atom is -0.307 e. The van der Waals surface area contributed by atoms with E-state index in [9.17, 15) is 26.4 Å². The standard InChI is InChI=1S/C19H14F3N3O3S/c20-19(21,22)14-4-3-5-15(12-14)25-29(27,28)16-9-7-13(8-10-16)18(26)24-17-6-1-2-11-23-17/h1-12,25H,(H,23,24,26).